The van der Waals surface area contributed by atoms with Gasteiger partial charge in [0.05, 0.1) is 11.3 Å². The van der Waals surface area contributed by atoms with E-state index in [1.54, 1.807) is 36.0 Å². The highest BCUT2D eigenvalue weighted by molar-refractivity contribution is 8.03. The Morgan fingerprint density at radius 1 is 1.20 bits per heavy atom. The van der Waals surface area contributed by atoms with E-state index in [4.69, 9.17) is 5.73 Å². The number of para-hydroxylation sites is 1. The Labute approximate surface area is 153 Å². The van der Waals surface area contributed by atoms with Gasteiger partial charge < -0.3 is 21.7 Å². The van der Waals surface area contributed by atoms with Crippen LogP contribution in [-0.2, 0) is 4.79 Å². The summed E-state index contributed by atoms with van der Waals surface area (Å²) in [6.07, 6.45) is 3.08. The van der Waals surface area contributed by atoms with Crippen LogP contribution >= 0.6 is 11.8 Å². The molecule has 0 aliphatic carbocycles. The van der Waals surface area contributed by atoms with Crippen LogP contribution in [-0.4, -0.2) is 23.9 Å². The molecule has 1 aromatic rings. The third-order valence-electron chi connectivity index (χ3n) is 3.99. The number of rotatable bonds is 8. The average Bonchev–Trinajstić information content (AvgIpc) is 2.89. The zero-order valence-electron chi connectivity index (χ0n) is 14.7. The number of anilines is 1. The van der Waals surface area contributed by atoms with E-state index >= 15 is 0 Å². The first kappa shape index (κ1) is 19.3. The topological polar surface area (TPSA) is 96.2 Å². The van der Waals surface area contributed by atoms with Crippen LogP contribution in [0.1, 0.15) is 49.9 Å². The van der Waals surface area contributed by atoms with E-state index in [-0.39, 0.29) is 17.3 Å². The number of amides is 2. The van der Waals surface area contributed by atoms with Gasteiger partial charge in [-0.05, 0) is 45.4 Å². The number of benzene rings is 1. The number of thioether (sulfide) groups is 1. The predicted molar refractivity (Wildman–Crippen MR) is 103 cm³/mol. The van der Waals surface area contributed by atoms with E-state index in [1.165, 1.54) is 0 Å². The van der Waals surface area contributed by atoms with Crippen molar-refractivity contribution in [2.75, 3.05) is 11.9 Å². The van der Waals surface area contributed by atoms with E-state index in [1.807, 2.05) is 13.8 Å². The molecule has 1 unspecified atom stereocenters. The van der Waals surface area contributed by atoms with Crippen molar-refractivity contribution in [2.45, 2.75) is 45.0 Å². The third kappa shape index (κ3) is 5.79. The SMILES string of the molecule is CC1=C(C)SC(NC(=O)c2ccccc2NC(=O)CCCCCN)N1. The standard InChI is InChI=1S/C18H26N4O2S/c1-12-13(2)25-18(20-12)22-17(24)14-8-5-6-9-15(14)21-16(23)10-4-3-7-11-19/h5-6,8-9,18,20H,3-4,7,10-11,19H2,1-2H3,(H,21,23)(H,22,24). The van der Waals surface area contributed by atoms with Crippen LogP contribution in [0.15, 0.2) is 34.9 Å². The van der Waals surface area contributed by atoms with Crippen molar-refractivity contribution >= 4 is 29.3 Å². The minimum Gasteiger partial charge on any atom is -0.359 e. The fourth-order valence-electron chi connectivity index (χ4n) is 2.46. The molecule has 6 nitrogen and oxygen atoms in total. The summed E-state index contributed by atoms with van der Waals surface area (Å²) in [6, 6.07) is 7.05. The summed E-state index contributed by atoms with van der Waals surface area (Å²) in [4.78, 5) is 25.8. The summed E-state index contributed by atoms with van der Waals surface area (Å²) in [5, 5.41) is 9.00. The van der Waals surface area contributed by atoms with Gasteiger partial charge in [-0.3, -0.25) is 9.59 Å². The molecular formula is C18H26N4O2S. The summed E-state index contributed by atoms with van der Waals surface area (Å²) in [5.41, 5.74) is 7.32. The minimum absolute atomic E-state index is 0.0843. The number of allylic oxidation sites excluding steroid dienone is 2. The smallest absolute Gasteiger partial charge is 0.255 e. The lowest BCUT2D eigenvalue weighted by molar-refractivity contribution is -0.116. The molecule has 1 heterocycles. The van der Waals surface area contributed by atoms with Crippen LogP contribution in [0.5, 0.6) is 0 Å². The highest BCUT2D eigenvalue weighted by Gasteiger charge is 2.22. The molecule has 0 aromatic heterocycles. The van der Waals surface area contributed by atoms with Crippen LogP contribution in [0.2, 0.25) is 0 Å². The maximum absolute atomic E-state index is 12.6. The number of hydrogen-bond donors (Lipinski definition) is 4. The van der Waals surface area contributed by atoms with Crippen LogP contribution in [0, 0.1) is 0 Å². The zero-order valence-corrected chi connectivity index (χ0v) is 15.5. The molecule has 1 aliphatic rings. The van der Waals surface area contributed by atoms with Crippen molar-refractivity contribution in [3.63, 3.8) is 0 Å². The third-order valence-corrected chi connectivity index (χ3v) is 5.12. The average molecular weight is 362 g/mol. The largest absolute Gasteiger partial charge is 0.359 e. The number of carbonyl (C=O) groups excluding carboxylic acids is 2. The number of nitrogens with two attached hydrogens (primary N) is 1. The van der Waals surface area contributed by atoms with Gasteiger partial charge in [0.15, 0.2) is 5.50 Å². The number of hydrogen-bond acceptors (Lipinski definition) is 5. The molecule has 0 saturated heterocycles. The lowest BCUT2D eigenvalue weighted by Crippen LogP contribution is -2.40. The van der Waals surface area contributed by atoms with Gasteiger partial charge in [-0.15, -0.1) is 0 Å². The van der Waals surface area contributed by atoms with E-state index in [9.17, 15) is 9.59 Å². The quantitative estimate of drug-likeness (QED) is 0.533. The molecule has 5 N–H and O–H groups in total. The predicted octanol–water partition coefficient (Wildman–Crippen LogP) is 2.75. The molecule has 1 atom stereocenters. The molecule has 7 heteroatoms. The maximum Gasteiger partial charge on any atom is 0.255 e. The van der Waals surface area contributed by atoms with Crippen LogP contribution in [0.3, 0.4) is 0 Å². The summed E-state index contributed by atoms with van der Waals surface area (Å²) in [7, 11) is 0. The lowest BCUT2D eigenvalue weighted by Gasteiger charge is -2.16. The first-order valence-corrected chi connectivity index (χ1v) is 9.39. The summed E-state index contributed by atoms with van der Waals surface area (Å²) >= 11 is 1.57. The lowest BCUT2D eigenvalue weighted by atomic mass is 10.1. The second kappa shape index (κ2) is 9.48. The van der Waals surface area contributed by atoms with Crippen molar-refractivity contribution in [1.82, 2.24) is 10.6 Å². The number of unbranched alkanes of at least 4 members (excludes halogenated alkanes) is 2. The Balaban J connectivity index is 1.93. The Kier molecular flexibility index (Phi) is 7.33. The number of carbonyl (C=O) groups is 2. The first-order chi connectivity index (χ1) is 12.0. The van der Waals surface area contributed by atoms with E-state index < -0.39 is 0 Å². The summed E-state index contributed by atoms with van der Waals surface area (Å²) < 4.78 is 0. The van der Waals surface area contributed by atoms with Gasteiger partial charge in [-0.25, -0.2) is 0 Å². The Morgan fingerprint density at radius 3 is 2.64 bits per heavy atom. The fraction of sp³-hybridized carbons (Fsp3) is 0.444. The molecular weight excluding hydrogens is 336 g/mol. The molecule has 136 valence electrons. The summed E-state index contributed by atoms with van der Waals surface area (Å²) in [6.45, 7) is 4.64. The van der Waals surface area contributed by atoms with E-state index in [2.05, 4.69) is 16.0 Å². The van der Waals surface area contributed by atoms with Crippen molar-refractivity contribution in [3.05, 3.63) is 40.4 Å². The van der Waals surface area contributed by atoms with Crippen LogP contribution in [0.25, 0.3) is 0 Å². The Hall–Kier alpha value is -1.99. The monoisotopic (exact) mass is 362 g/mol. The fourth-order valence-corrected chi connectivity index (χ4v) is 3.46. The van der Waals surface area contributed by atoms with Gasteiger partial charge >= 0.3 is 0 Å². The van der Waals surface area contributed by atoms with Gasteiger partial charge in [0.25, 0.3) is 5.91 Å². The molecule has 1 aromatic carbocycles. The van der Waals surface area contributed by atoms with Gasteiger partial charge in [-0.2, -0.15) is 0 Å². The van der Waals surface area contributed by atoms with E-state index in [0.717, 1.165) is 29.9 Å². The van der Waals surface area contributed by atoms with Gasteiger partial charge in [0.1, 0.15) is 0 Å². The molecule has 2 amide bonds. The molecule has 0 fully saturated rings. The highest BCUT2D eigenvalue weighted by Crippen LogP contribution is 2.28. The molecule has 0 saturated carbocycles. The minimum atomic E-state index is -0.216. The number of nitrogens with one attached hydrogen (secondary N) is 3. The van der Waals surface area contributed by atoms with Gasteiger partial charge in [0.2, 0.25) is 5.91 Å². The van der Waals surface area contributed by atoms with Crippen molar-refractivity contribution in [3.8, 4) is 0 Å². The van der Waals surface area contributed by atoms with E-state index in [0.29, 0.717) is 24.2 Å². The Bertz CT molecular complexity index is 646. The van der Waals surface area contributed by atoms with Crippen molar-refractivity contribution < 1.29 is 9.59 Å². The molecule has 1 aliphatic heterocycles. The van der Waals surface area contributed by atoms with Crippen molar-refractivity contribution in [1.29, 1.82) is 0 Å². The zero-order chi connectivity index (χ0) is 18.2. The molecule has 0 radical (unpaired) electrons. The molecule has 0 spiro atoms. The van der Waals surface area contributed by atoms with Gasteiger partial charge in [-0.1, -0.05) is 30.3 Å². The Morgan fingerprint density at radius 2 is 1.96 bits per heavy atom. The normalized spacial score (nSPS) is 16.5. The second-order valence-corrected chi connectivity index (χ2v) is 7.31. The molecule has 2 rings (SSSR count). The van der Waals surface area contributed by atoms with Gasteiger partial charge in [0, 0.05) is 17.0 Å². The van der Waals surface area contributed by atoms with Crippen molar-refractivity contribution in [2.24, 2.45) is 5.73 Å². The molecule has 25 heavy (non-hydrogen) atoms. The maximum atomic E-state index is 12.6. The van der Waals surface area contributed by atoms with Crippen LogP contribution in [0.4, 0.5) is 5.69 Å². The first-order valence-electron chi connectivity index (χ1n) is 8.51. The summed E-state index contributed by atoms with van der Waals surface area (Å²) in [5.74, 6) is -0.300. The van der Waals surface area contributed by atoms with Crippen LogP contribution < -0.4 is 21.7 Å². The highest BCUT2D eigenvalue weighted by atomic mass is 32.2. The second-order valence-electron chi connectivity index (χ2n) is 5.99. The molecule has 0 bridgehead atoms.